The second-order valence-corrected chi connectivity index (χ2v) is 8.54. The van der Waals surface area contributed by atoms with Gasteiger partial charge in [-0.1, -0.05) is 44.2 Å². The molecule has 4 atom stereocenters. The van der Waals surface area contributed by atoms with E-state index >= 15 is 0 Å². The lowest BCUT2D eigenvalue weighted by Crippen LogP contribution is -2.43. The summed E-state index contributed by atoms with van der Waals surface area (Å²) in [4.78, 5) is 0. The smallest absolute Gasteiger partial charge is 0.0613 e. The number of hydrogen-bond acceptors (Lipinski definition) is 2. The molecule has 0 heterocycles. The van der Waals surface area contributed by atoms with Gasteiger partial charge in [0.2, 0.25) is 0 Å². The monoisotopic (exact) mass is 292 g/mol. The second kappa shape index (κ2) is 4.96. The largest absolute Gasteiger partial charge is 0.392 e. The summed E-state index contributed by atoms with van der Waals surface area (Å²) in [5, 5.41) is 10.5. The molecule has 3 rings (SSSR count). The lowest BCUT2D eigenvalue weighted by Gasteiger charge is -2.40. The summed E-state index contributed by atoms with van der Waals surface area (Å²) in [6, 6.07) is 10.0. The van der Waals surface area contributed by atoms with Gasteiger partial charge in [-0.3, -0.25) is 4.21 Å². The third kappa shape index (κ3) is 2.06. The summed E-state index contributed by atoms with van der Waals surface area (Å²) in [5.74, 6) is 1.86. The fourth-order valence-corrected chi connectivity index (χ4v) is 6.43. The first-order chi connectivity index (χ1) is 9.46. The Balaban J connectivity index is 1.75. The third-order valence-electron chi connectivity index (χ3n) is 5.98. The van der Waals surface area contributed by atoms with Crippen molar-refractivity contribution in [1.82, 2.24) is 0 Å². The number of benzene rings is 1. The van der Waals surface area contributed by atoms with E-state index in [-0.39, 0.29) is 16.9 Å². The van der Waals surface area contributed by atoms with Crippen molar-refractivity contribution < 1.29 is 9.32 Å². The van der Waals surface area contributed by atoms with E-state index < -0.39 is 10.8 Å². The molecule has 0 saturated heterocycles. The molecule has 1 aromatic carbocycles. The topological polar surface area (TPSA) is 37.3 Å². The first-order valence-corrected chi connectivity index (χ1v) is 9.01. The fraction of sp³-hybridized carbons (Fsp3) is 0.647. The summed E-state index contributed by atoms with van der Waals surface area (Å²) in [7, 11) is -0.901. The second-order valence-electron chi connectivity index (χ2n) is 7.08. The van der Waals surface area contributed by atoms with Gasteiger partial charge in [0.15, 0.2) is 0 Å². The minimum Gasteiger partial charge on any atom is -0.392 e. The zero-order valence-corrected chi connectivity index (χ0v) is 13.2. The highest BCUT2D eigenvalue weighted by Gasteiger charge is 2.63. The normalized spacial score (nSPS) is 36.1. The van der Waals surface area contributed by atoms with Crippen LogP contribution in [0.25, 0.3) is 0 Å². The van der Waals surface area contributed by atoms with Gasteiger partial charge >= 0.3 is 0 Å². The molecular formula is C17H24O2S. The molecule has 0 aromatic heterocycles. The Morgan fingerprint density at radius 2 is 2.00 bits per heavy atom. The van der Waals surface area contributed by atoms with Crippen LogP contribution < -0.4 is 0 Å². The van der Waals surface area contributed by atoms with E-state index in [2.05, 4.69) is 13.8 Å². The van der Waals surface area contributed by atoms with Crippen LogP contribution in [0.2, 0.25) is 0 Å². The van der Waals surface area contributed by atoms with E-state index in [4.69, 9.17) is 0 Å². The third-order valence-corrected chi connectivity index (χ3v) is 7.47. The summed E-state index contributed by atoms with van der Waals surface area (Å²) in [6.45, 7) is 4.53. The van der Waals surface area contributed by atoms with Crippen LogP contribution in [-0.2, 0) is 16.6 Å². The highest BCUT2D eigenvalue weighted by molar-refractivity contribution is 7.84. The molecule has 2 fully saturated rings. The van der Waals surface area contributed by atoms with Crippen LogP contribution >= 0.6 is 0 Å². The van der Waals surface area contributed by atoms with Gasteiger partial charge in [0.05, 0.1) is 6.10 Å². The van der Waals surface area contributed by atoms with Crippen LogP contribution in [-0.4, -0.2) is 21.2 Å². The van der Waals surface area contributed by atoms with Gasteiger partial charge in [-0.2, -0.15) is 0 Å². The van der Waals surface area contributed by atoms with E-state index in [0.29, 0.717) is 17.4 Å². The van der Waals surface area contributed by atoms with Crippen molar-refractivity contribution in [2.24, 2.45) is 16.7 Å². The van der Waals surface area contributed by atoms with Gasteiger partial charge in [-0.05, 0) is 36.2 Å². The summed E-state index contributed by atoms with van der Waals surface area (Å²) >= 11 is 0. The fourth-order valence-electron chi connectivity index (χ4n) is 4.48. The lowest BCUT2D eigenvalue weighted by atomic mass is 9.70. The van der Waals surface area contributed by atoms with E-state index in [0.717, 1.165) is 18.4 Å². The molecule has 0 amide bonds. The maximum Gasteiger partial charge on any atom is 0.0613 e. The van der Waals surface area contributed by atoms with Gasteiger partial charge in [0.25, 0.3) is 0 Å². The average molecular weight is 292 g/mol. The van der Waals surface area contributed by atoms with Crippen LogP contribution in [0.4, 0.5) is 0 Å². The van der Waals surface area contributed by atoms with E-state index in [9.17, 15) is 9.32 Å². The molecule has 2 aliphatic carbocycles. The SMILES string of the molecule is CC1(C)[C@H]2CC[C@]1(CS(=O)Cc1ccccc1)[C@@H](O)C2. The zero-order chi connectivity index (χ0) is 14.4. The predicted molar refractivity (Wildman–Crippen MR) is 82.7 cm³/mol. The first kappa shape index (κ1) is 14.3. The number of hydrogen-bond donors (Lipinski definition) is 1. The molecule has 2 nitrogen and oxygen atoms in total. The van der Waals surface area contributed by atoms with Gasteiger partial charge in [0.1, 0.15) is 0 Å². The Morgan fingerprint density at radius 1 is 1.30 bits per heavy atom. The molecule has 1 aromatic rings. The Kier molecular flexibility index (Phi) is 3.54. The van der Waals surface area contributed by atoms with Gasteiger partial charge in [0, 0.05) is 27.7 Å². The van der Waals surface area contributed by atoms with Crippen molar-refractivity contribution in [3.63, 3.8) is 0 Å². The molecule has 1 N–H and O–H groups in total. The number of aliphatic hydroxyl groups is 1. The van der Waals surface area contributed by atoms with Gasteiger partial charge in [-0.15, -0.1) is 0 Å². The molecule has 0 aliphatic heterocycles. The zero-order valence-electron chi connectivity index (χ0n) is 12.3. The van der Waals surface area contributed by atoms with Crippen molar-refractivity contribution in [3.05, 3.63) is 35.9 Å². The highest BCUT2D eigenvalue weighted by atomic mass is 32.2. The van der Waals surface area contributed by atoms with E-state index in [1.165, 1.54) is 6.42 Å². The van der Waals surface area contributed by atoms with Crippen LogP contribution in [0.1, 0.15) is 38.7 Å². The Hall–Kier alpha value is -0.670. The average Bonchev–Trinajstić information content (AvgIpc) is 2.74. The molecule has 3 heteroatoms. The van der Waals surface area contributed by atoms with Crippen molar-refractivity contribution in [2.45, 2.75) is 45.0 Å². The molecule has 2 aliphatic rings. The van der Waals surface area contributed by atoms with E-state index in [1.807, 2.05) is 30.3 Å². The maximum absolute atomic E-state index is 12.6. The van der Waals surface area contributed by atoms with Crippen LogP contribution in [0.15, 0.2) is 30.3 Å². The minimum absolute atomic E-state index is 0.124. The minimum atomic E-state index is -0.901. The van der Waals surface area contributed by atoms with Crippen LogP contribution in [0.3, 0.4) is 0 Å². The molecule has 2 bridgehead atoms. The van der Waals surface area contributed by atoms with Crippen LogP contribution in [0.5, 0.6) is 0 Å². The summed E-state index contributed by atoms with van der Waals surface area (Å²) in [5.41, 5.74) is 1.12. The standard InChI is InChI=1S/C17H24O2S/c1-16(2)14-8-9-17(16,15(18)10-14)12-20(19)11-13-6-4-3-5-7-13/h3-7,14-15,18H,8-12H2,1-2H3/t14-,15-,17-,20?/m0/s1. The molecular weight excluding hydrogens is 268 g/mol. The summed E-state index contributed by atoms with van der Waals surface area (Å²) < 4.78 is 12.6. The van der Waals surface area contributed by atoms with Crippen molar-refractivity contribution in [2.75, 3.05) is 5.75 Å². The molecule has 2 saturated carbocycles. The Morgan fingerprint density at radius 3 is 2.55 bits per heavy atom. The molecule has 20 heavy (non-hydrogen) atoms. The Labute approximate surface area is 124 Å². The molecule has 110 valence electrons. The first-order valence-electron chi connectivity index (χ1n) is 7.53. The summed E-state index contributed by atoms with van der Waals surface area (Å²) in [6.07, 6.45) is 2.85. The van der Waals surface area contributed by atoms with Gasteiger partial charge < -0.3 is 5.11 Å². The Bertz CT molecular complexity index is 511. The molecule has 0 spiro atoms. The predicted octanol–water partition coefficient (Wildman–Crippen LogP) is 3.12. The van der Waals surface area contributed by atoms with Gasteiger partial charge in [-0.25, -0.2) is 0 Å². The molecule has 0 radical (unpaired) electrons. The maximum atomic E-state index is 12.6. The number of aliphatic hydroxyl groups excluding tert-OH is 1. The molecule has 1 unspecified atom stereocenters. The highest BCUT2D eigenvalue weighted by Crippen LogP contribution is 2.65. The lowest BCUT2D eigenvalue weighted by molar-refractivity contribution is 0.0160. The number of rotatable bonds is 4. The van der Waals surface area contributed by atoms with Crippen LogP contribution in [0, 0.1) is 16.7 Å². The van der Waals surface area contributed by atoms with Crippen molar-refractivity contribution >= 4 is 10.8 Å². The van der Waals surface area contributed by atoms with Crippen molar-refractivity contribution in [3.8, 4) is 0 Å². The quantitative estimate of drug-likeness (QED) is 0.926. The van der Waals surface area contributed by atoms with E-state index in [1.54, 1.807) is 0 Å². The number of fused-ring (bicyclic) bond motifs is 2. The van der Waals surface area contributed by atoms with Crippen molar-refractivity contribution in [1.29, 1.82) is 0 Å².